The van der Waals surface area contributed by atoms with Crippen molar-refractivity contribution < 1.29 is 14.3 Å². The van der Waals surface area contributed by atoms with Crippen molar-refractivity contribution in [3.63, 3.8) is 0 Å². The minimum Gasteiger partial charge on any atom is -0.490 e. The molecule has 0 unspecified atom stereocenters. The largest absolute Gasteiger partial charge is 0.490 e. The summed E-state index contributed by atoms with van der Waals surface area (Å²) in [5.41, 5.74) is 1.70. The number of benzene rings is 1. The Bertz CT molecular complexity index is 371. The molecule has 0 atom stereocenters. The van der Waals surface area contributed by atoms with Gasteiger partial charge in [0.05, 0.1) is 13.2 Å². The Morgan fingerprint density at radius 1 is 1.27 bits per heavy atom. The molecule has 1 aromatic rings. The summed E-state index contributed by atoms with van der Waals surface area (Å²) in [5, 5.41) is 0. The lowest BCUT2D eigenvalue weighted by Gasteiger charge is -2.10. The van der Waals surface area contributed by atoms with Crippen LogP contribution in [-0.4, -0.2) is 19.5 Å². The van der Waals surface area contributed by atoms with E-state index < -0.39 is 0 Å². The van der Waals surface area contributed by atoms with Crippen LogP contribution in [0.1, 0.15) is 29.3 Å². The molecule has 0 fully saturated rings. The number of hydrogen-bond acceptors (Lipinski definition) is 3. The minimum absolute atomic E-state index is 0.650. The normalized spacial score (nSPS) is 14.5. The molecular weight excluding hydrogens is 192 g/mol. The Labute approximate surface area is 89.0 Å². The molecule has 0 spiro atoms. The zero-order valence-corrected chi connectivity index (χ0v) is 8.79. The van der Waals surface area contributed by atoms with Gasteiger partial charge in [-0.05, 0) is 24.1 Å². The molecule has 0 radical (unpaired) electrons. The van der Waals surface area contributed by atoms with Gasteiger partial charge in [0, 0.05) is 12.0 Å². The Kier molecular flexibility index (Phi) is 2.90. The van der Waals surface area contributed by atoms with Crippen molar-refractivity contribution in [3.05, 3.63) is 23.3 Å². The molecule has 3 heteroatoms. The van der Waals surface area contributed by atoms with Crippen LogP contribution in [0.3, 0.4) is 0 Å². The van der Waals surface area contributed by atoms with Gasteiger partial charge in [0.15, 0.2) is 11.5 Å². The van der Waals surface area contributed by atoms with Gasteiger partial charge in [0.2, 0.25) is 0 Å². The molecule has 1 heterocycles. The number of carbonyl (C=O) groups is 1. The maximum atomic E-state index is 10.9. The highest BCUT2D eigenvalue weighted by Gasteiger charge is 2.13. The van der Waals surface area contributed by atoms with Crippen LogP contribution < -0.4 is 9.47 Å². The van der Waals surface area contributed by atoms with Crippen molar-refractivity contribution >= 4 is 6.29 Å². The smallest absolute Gasteiger partial charge is 0.161 e. The summed E-state index contributed by atoms with van der Waals surface area (Å²) < 4.78 is 11.1. The first-order chi connectivity index (χ1) is 7.35. The fourth-order valence-electron chi connectivity index (χ4n) is 1.68. The number of rotatable bonds is 2. The van der Waals surface area contributed by atoms with Crippen LogP contribution in [0.15, 0.2) is 12.1 Å². The van der Waals surface area contributed by atoms with Crippen LogP contribution >= 0.6 is 0 Å². The molecule has 0 saturated carbocycles. The summed E-state index contributed by atoms with van der Waals surface area (Å²) in [6.07, 6.45) is 2.57. The van der Waals surface area contributed by atoms with Crippen molar-refractivity contribution in [1.82, 2.24) is 0 Å². The number of carbonyl (C=O) groups excluding carboxylic acids is 1. The second-order valence-electron chi connectivity index (χ2n) is 3.52. The summed E-state index contributed by atoms with van der Waals surface area (Å²) >= 11 is 0. The Hall–Kier alpha value is -1.51. The second-order valence-corrected chi connectivity index (χ2v) is 3.52. The molecule has 1 aliphatic heterocycles. The molecule has 0 aliphatic carbocycles. The van der Waals surface area contributed by atoms with Crippen molar-refractivity contribution in [1.29, 1.82) is 0 Å². The van der Waals surface area contributed by atoms with E-state index in [1.54, 1.807) is 6.07 Å². The Balaban J connectivity index is 2.45. The zero-order chi connectivity index (χ0) is 10.7. The lowest BCUT2D eigenvalue weighted by atomic mass is 10.1. The van der Waals surface area contributed by atoms with Gasteiger partial charge in [-0.3, -0.25) is 4.79 Å². The standard InChI is InChI=1S/C12H14O3/c1-2-9-6-11-12(7-10(9)8-13)15-5-3-4-14-11/h6-8H,2-5H2,1H3. The first kappa shape index (κ1) is 10.0. The van der Waals surface area contributed by atoms with E-state index in [2.05, 4.69) is 0 Å². The predicted molar refractivity (Wildman–Crippen MR) is 56.8 cm³/mol. The fourth-order valence-corrected chi connectivity index (χ4v) is 1.68. The minimum atomic E-state index is 0.650. The van der Waals surface area contributed by atoms with Gasteiger partial charge < -0.3 is 9.47 Å². The summed E-state index contributed by atoms with van der Waals surface area (Å²) in [7, 11) is 0. The SMILES string of the molecule is CCc1cc2c(cc1C=O)OCCCO2. The van der Waals surface area contributed by atoms with Crippen LogP contribution in [0, 0.1) is 0 Å². The van der Waals surface area contributed by atoms with Crippen molar-refractivity contribution in [2.75, 3.05) is 13.2 Å². The summed E-state index contributed by atoms with van der Waals surface area (Å²) in [6.45, 7) is 3.35. The molecule has 15 heavy (non-hydrogen) atoms. The van der Waals surface area contributed by atoms with Gasteiger partial charge in [-0.15, -0.1) is 0 Å². The maximum Gasteiger partial charge on any atom is 0.161 e. The number of aryl methyl sites for hydroxylation is 1. The van der Waals surface area contributed by atoms with Gasteiger partial charge in [-0.1, -0.05) is 6.92 Å². The lowest BCUT2D eigenvalue weighted by Crippen LogP contribution is -1.97. The van der Waals surface area contributed by atoms with E-state index in [0.29, 0.717) is 24.5 Å². The fraction of sp³-hybridized carbons (Fsp3) is 0.417. The van der Waals surface area contributed by atoms with E-state index in [0.717, 1.165) is 30.4 Å². The van der Waals surface area contributed by atoms with Crippen LogP contribution in [-0.2, 0) is 6.42 Å². The third-order valence-electron chi connectivity index (χ3n) is 2.52. The third-order valence-corrected chi connectivity index (χ3v) is 2.52. The van der Waals surface area contributed by atoms with E-state index in [9.17, 15) is 4.79 Å². The summed E-state index contributed by atoms with van der Waals surface area (Å²) in [4.78, 5) is 10.9. The summed E-state index contributed by atoms with van der Waals surface area (Å²) in [6, 6.07) is 3.68. The molecule has 1 aliphatic rings. The topological polar surface area (TPSA) is 35.5 Å². The highest BCUT2D eigenvalue weighted by atomic mass is 16.5. The third kappa shape index (κ3) is 1.96. The molecule has 0 saturated heterocycles. The number of ether oxygens (including phenoxy) is 2. The second kappa shape index (κ2) is 4.34. The quantitative estimate of drug-likeness (QED) is 0.696. The van der Waals surface area contributed by atoms with Crippen molar-refractivity contribution in [3.8, 4) is 11.5 Å². The molecule has 0 N–H and O–H groups in total. The van der Waals surface area contributed by atoms with Gasteiger partial charge in [-0.25, -0.2) is 0 Å². The van der Waals surface area contributed by atoms with E-state index in [1.807, 2.05) is 13.0 Å². The molecule has 2 rings (SSSR count). The van der Waals surface area contributed by atoms with Crippen LogP contribution in [0.5, 0.6) is 11.5 Å². The highest BCUT2D eigenvalue weighted by molar-refractivity contribution is 5.79. The van der Waals surface area contributed by atoms with Gasteiger partial charge in [-0.2, -0.15) is 0 Å². The molecule has 1 aromatic carbocycles. The van der Waals surface area contributed by atoms with Crippen LogP contribution in [0.4, 0.5) is 0 Å². The highest BCUT2D eigenvalue weighted by Crippen LogP contribution is 2.32. The van der Waals surface area contributed by atoms with Crippen LogP contribution in [0.25, 0.3) is 0 Å². The first-order valence-corrected chi connectivity index (χ1v) is 5.23. The maximum absolute atomic E-state index is 10.9. The average Bonchev–Trinajstić information content (AvgIpc) is 2.51. The monoisotopic (exact) mass is 206 g/mol. The van der Waals surface area contributed by atoms with Gasteiger partial charge >= 0.3 is 0 Å². The van der Waals surface area contributed by atoms with Crippen LogP contribution in [0.2, 0.25) is 0 Å². The van der Waals surface area contributed by atoms with E-state index in [1.165, 1.54) is 0 Å². The lowest BCUT2D eigenvalue weighted by molar-refractivity contribution is 0.112. The van der Waals surface area contributed by atoms with Gasteiger partial charge in [0.25, 0.3) is 0 Å². The van der Waals surface area contributed by atoms with E-state index >= 15 is 0 Å². The molecule has 80 valence electrons. The van der Waals surface area contributed by atoms with Crippen molar-refractivity contribution in [2.24, 2.45) is 0 Å². The van der Waals surface area contributed by atoms with Crippen molar-refractivity contribution in [2.45, 2.75) is 19.8 Å². The zero-order valence-electron chi connectivity index (χ0n) is 8.79. The molecule has 0 bridgehead atoms. The van der Waals surface area contributed by atoms with E-state index in [4.69, 9.17) is 9.47 Å². The van der Waals surface area contributed by atoms with Gasteiger partial charge in [0.1, 0.15) is 6.29 Å². The molecule has 0 amide bonds. The Morgan fingerprint density at radius 2 is 1.93 bits per heavy atom. The Morgan fingerprint density at radius 3 is 2.53 bits per heavy atom. The molecule has 3 nitrogen and oxygen atoms in total. The molecular formula is C12H14O3. The number of hydrogen-bond donors (Lipinski definition) is 0. The molecule has 0 aromatic heterocycles. The first-order valence-electron chi connectivity index (χ1n) is 5.23. The predicted octanol–water partition coefficient (Wildman–Crippen LogP) is 2.22. The average molecular weight is 206 g/mol. The summed E-state index contributed by atoms with van der Waals surface area (Å²) in [5.74, 6) is 1.45. The number of fused-ring (bicyclic) bond motifs is 1. The number of aldehydes is 1. The van der Waals surface area contributed by atoms with E-state index in [-0.39, 0.29) is 0 Å².